The summed E-state index contributed by atoms with van der Waals surface area (Å²) in [5, 5.41) is 8.45. The molecule has 3 nitrogen and oxygen atoms in total. The van der Waals surface area contributed by atoms with Gasteiger partial charge in [0.2, 0.25) is 0 Å². The minimum atomic E-state index is -0.350. The number of hydrogen-bond acceptors (Lipinski definition) is 3. The molecule has 0 aliphatic carbocycles. The molecule has 1 aromatic rings. The van der Waals surface area contributed by atoms with Crippen molar-refractivity contribution in [2.45, 2.75) is 0 Å². The van der Waals surface area contributed by atoms with Gasteiger partial charge in [0.15, 0.2) is 5.43 Å². The van der Waals surface area contributed by atoms with Crippen molar-refractivity contribution < 1.29 is 9.52 Å². The van der Waals surface area contributed by atoms with Gasteiger partial charge >= 0.3 is 0 Å². The van der Waals surface area contributed by atoms with Crippen molar-refractivity contribution in [2.24, 2.45) is 0 Å². The minimum absolute atomic E-state index is 0.256. The SMILES string of the molecule is O=c1ccoc(O)c1. The van der Waals surface area contributed by atoms with Crippen molar-refractivity contribution in [1.29, 1.82) is 0 Å². The Labute approximate surface area is 45.2 Å². The maximum Gasteiger partial charge on any atom is 0.285 e. The molecular weight excluding hydrogens is 108 g/mol. The van der Waals surface area contributed by atoms with E-state index in [1.165, 1.54) is 6.07 Å². The Morgan fingerprint density at radius 1 is 1.62 bits per heavy atom. The molecule has 0 spiro atoms. The lowest BCUT2D eigenvalue weighted by Crippen LogP contribution is -1.91. The topological polar surface area (TPSA) is 50.4 Å². The molecule has 0 saturated heterocycles. The lowest BCUT2D eigenvalue weighted by atomic mass is 10.5. The van der Waals surface area contributed by atoms with Crippen molar-refractivity contribution >= 4 is 0 Å². The summed E-state index contributed by atoms with van der Waals surface area (Å²) in [5.74, 6) is -0.350. The molecule has 0 atom stereocenters. The highest BCUT2D eigenvalue weighted by Crippen LogP contribution is 1.98. The highest BCUT2D eigenvalue weighted by Gasteiger charge is 1.85. The molecule has 3 heteroatoms. The first kappa shape index (κ1) is 4.90. The molecule has 0 amide bonds. The molecule has 0 saturated carbocycles. The van der Waals surface area contributed by atoms with Crippen LogP contribution in [0.5, 0.6) is 5.95 Å². The normalized spacial score (nSPS) is 9.00. The van der Waals surface area contributed by atoms with Crippen LogP contribution in [-0.2, 0) is 0 Å². The van der Waals surface area contributed by atoms with Crippen molar-refractivity contribution in [3.05, 3.63) is 28.6 Å². The molecule has 0 aromatic carbocycles. The Balaban J connectivity index is 3.28. The van der Waals surface area contributed by atoms with Gasteiger partial charge in [-0.1, -0.05) is 0 Å². The predicted molar refractivity (Wildman–Crippen MR) is 26.6 cm³/mol. The number of hydrogen-bond donors (Lipinski definition) is 1. The van der Waals surface area contributed by atoms with Crippen LogP contribution in [0.2, 0.25) is 0 Å². The molecule has 0 unspecified atom stereocenters. The third-order valence-corrected chi connectivity index (χ3v) is 0.687. The summed E-state index contributed by atoms with van der Waals surface area (Å²) in [4.78, 5) is 10.3. The van der Waals surface area contributed by atoms with Crippen LogP contribution in [0.25, 0.3) is 0 Å². The van der Waals surface area contributed by atoms with Crippen molar-refractivity contribution in [3.8, 4) is 5.95 Å². The Kier molecular flexibility index (Phi) is 1.04. The smallest absolute Gasteiger partial charge is 0.285 e. The summed E-state index contributed by atoms with van der Waals surface area (Å²) in [6.07, 6.45) is 1.14. The summed E-state index contributed by atoms with van der Waals surface area (Å²) in [5.41, 5.74) is -0.256. The molecule has 0 bridgehead atoms. The highest BCUT2D eigenvalue weighted by molar-refractivity contribution is 5.02. The molecule has 0 aliphatic rings. The Bertz CT molecular complexity index is 225. The molecule has 8 heavy (non-hydrogen) atoms. The van der Waals surface area contributed by atoms with E-state index in [0.717, 1.165) is 12.3 Å². The predicted octanol–water partition coefficient (Wildman–Crippen LogP) is 0.345. The third-order valence-electron chi connectivity index (χ3n) is 0.687. The fraction of sp³-hybridized carbons (Fsp3) is 0. The monoisotopic (exact) mass is 112 g/mol. The average Bonchev–Trinajstić information content (AvgIpc) is 1.64. The van der Waals surface area contributed by atoms with Gasteiger partial charge in [0, 0.05) is 6.07 Å². The Morgan fingerprint density at radius 3 is 2.75 bits per heavy atom. The van der Waals surface area contributed by atoms with E-state index >= 15 is 0 Å². The largest absolute Gasteiger partial charge is 0.481 e. The molecule has 1 rings (SSSR count). The summed E-state index contributed by atoms with van der Waals surface area (Å²) < 4.78 is 4.36. The molecule has 0 fully saturated rings. The standard InChI is InChI=1S/C5H4O3/c6-4-1-2-8-5(7)3-4/h1-3,7H. The van der Waals surface area contributed by atoms with Crippen LogP contribution in [0, 0.1) is 0 Å². The first-order valence-electron chi connectivity index (χ1n) is 2.07. The molecule has 0 radical (unpaired) electrons. The van der Waals surface area contributed by atoms with Gasteiger partial charge in [-0.3, -0.25) is 4.79 Å². The molecular formula is C5H4O3. The van der Waals surface area contributed by atoms with Gasteiger partial charge in [0.05, 0.1) is 12.3 Å². The zero-order valence-electron chi connectivity index (χ0n) is 4.00. The zero-order chi connectivity index (χ0) is 5.98. The van der Waals surface area contributed by atoms with E-state index in [1.807, 2.05) is 0 Å². The Hall–Kier alpha value is -1.25. The lowest BCUT2D eigenvalue weighted by Gasteiger charge is -1.82. The molecule has 0 aliphatic heterocycles. The number of aromatic hydroxyl groups is 1. The minimum Gasteiger partial charge on any atom is -0.481 e. The average molecular weight is 112 g/mol. The molecule has 1 heterocycles. The van der Waals surface area contributed by atoms with Gasteiger partial charge in [-0.25, -0.2) is 0 Å². The maximum atomic E-state index is 10.3. The second-order valence-corrected chi connectivity index (χ2v) is 1.31. The van der Waals surface area contributed by atoms with Crippen molar-refractivity contribution in [2.75, 3.05) is 0 Å². The van der Waals surface area contributed by atoms with E-state index < -0.39 is 0 Å². The summed E-state index contributed by atoms with van der Waals surface area (Å²) >= 11 is 0. The molecule has 1 aromatic heterocycles. The fourth-order valence-corrected chi connectivity index (χ4v) is 0.375. The van der Waals surface area contributed by atoms with E-state index in [0.29, 0.717) is 0 Å². The van der Waals surface area contributed by atoms with Crippen molar-refractivity contribution in [1.82, 2.24) is 0 Å². The fourth-order valence-electron chi connectivity index (χ4n) is 0.375. The van der Waals surface area contributed by atoms with Gasteiger partial charge in [-0.15, -0.1) is 0 Å². The molecule has 1 N–H and O–H groups in total. The van der Waals surface area contributed by atoms with Gasteiger partial charge in [0.25, 0.3) is 5.95 Å². The summed E-state index contributed by atoms with van der Waals surface area (Å²) in [6.45, 7) is 0. The lowest BCUT2D eigenvalue weighted by molar-refractivity contribution is 0.322. The third kappa shape index (κ3) is 0.872. The van der Waals surface area contributed by atoms with Crippen LogP contribution >= 0.6 is 0 Å². The van der Waals surface area contributed by atoms with Gasteiger partial charge < -0.3 is 9.52 Å². The van der Waals surface area contributed by atoms with Crippen LogP contribution in [0.1, 0.15) is 0 Å². The first-order chi connectivity index (χ1) is 3.79. The highest BCUT2D eigenvalue weighted by atomic mass is 16.5. The van der Waals surface area contributed by atoms with E-state index in [1.54, 1.807) is 0 Å². The zero-order valence-corrected chi connectivity index (χ0v) is 4.00. The van der Waals surface area contributed by atoms with Crippen LogP contribution in [-0.4, -0.2) is 5.11 Å². The quantitative estimate of drug-likeness (QED) is 0.526. The van der Waals surface area contributed by atoms with E-state index in [2.05, 4.69) is 4.42 Å². The van der Waals surface area contributed by atoms with Crippen molar-refractivity contribution in [3.63, 3.8) is 0 Å². The van der Waals surface area contributed by atoms with E-state index in [-0.39, 0.29) is 11.4 Å². The van der Waals surface area contributed by atoms with Crippen LogP contribution in [0.15, 0.2) is 27.6 Å². The second-order valence-electron chi connectivity index (χ2n) is 1.31. The second kappa shape index (κ2) is 1.69. The van der Waals surface area contributed by atoms with E-state index in [4.69, 9.17) is 5.11 Å². The summed E-state index contributed by atoms with van der Waals surface area (Å²) in [7, 11) is 0. The number of rotatable bonds is 0. The maximum absolute atomic E-state index is 10.3. The first-order valence-corrected chi connectivity index (χ1v) is 2.07. The van der Waals surface area contributed by atoms with Crippen LogP contribution in [0.3, 0.4) is 0 Å². The Morgan fingerprint density at radius 2 is 2.38 bits per heavy atom. The molecule has 42 valence electrons. The van der Waals surface area contributed by atoms with Gasteiger partial charge in [-0.2, -0.15) is 0 Å². The van der Waals surface area contributed by atoms with Gasteiger partial charge in [0.1, 0.15) is 0 Å². The van der Waals surface area contributed by atoms with E-state index in [9.17, 15) is 4.79 Å². The van der Waals surface area contributed by atoms with Crippen LogP contribution < -0.4 is 5.43 Å². The summed E-state index contributed by atoms with van der Waals surface area (Å²) in [6, 6.07) is 2.22. The van der Waals surface area contributed by atoms with Gasteiger partial charge in [-0.05, 0) is 0 Å². The van der Waals surface area contributed by atoms with Crippen LogP contribution in [0.4, 0.5) is 0 Å².